The maximum Gasteiger partial charge on any atom is 0.291 e. The van der Waals surface area contributed by atoms with E-state index in [1.54, 1.807) is 37.4 Å². The minimum atomic E-state index is -0.321. The SMILES string of the molecule is CNc1cc(Cl)ccc1NC(=O)c1ccc(Cn2nc(C)cc2C)o1. The van der Waals surface area contributed by atoms with Crippen molar-refractivity contribution < 1.29 is 9.21 Å². The third-order valence-corrected chi connectivity index (χ3v) is 4.03. The van der Waals surface area contributed by atoms with Crippen LogP contribution in [0.4, 0.5) is 11.4 Å². The van der Waals surface area contributed by atoms with Crippen LogP contribution in [-0.2, 0) is 6.54 Å². The Hall–Kier alpha value is -2.73. The molecule has 25 heavy (non-hydrogen) atoms. The van der Waals surface area contributed by atoms with E-state index in [2.05, 4.69) is 15.7 Å². The summed E-state index contributed by atoms with van der Waals surface area (Å²) in [6.07, 6.45) is 0. The third-order valence-electron chi connectivity index (χ3n) is 3.79. The normalized spacial score (nSPS) is 10.7. The predicted molar refractivity (Wildman–Crippen MR) is 98.5 cm³/mol. The Morgan fingerprint density at radius 2 is 2.00 bits per heavy atom. The molecule has 2 N–H and O–H groups in total. The lowest BCUT2D eigenvalue weighted by Crippen LogP contribution is -2.12. The Balaban J connectivity index is 1.74. The van der Waals surface area contributed by atoms with Crippen LogP contribution in [0.15, 0.2) is 40.8 Å². The zero-order valence-corrected chi connectivity index (χ0v) is 15.0. The molecule has 0 spiro atoms. The Kier molecular flexibility index (Phi) is 4.81. The molecular weight excluding hydrogens is 340 g/mol. The molecule has 0 fully saturated rings. The van der Waals surface area contributed by atoms with E-state index in [9.17, 15) is 4.79 Å². The van der Waals surface area contributed by atoms with Crippen LogP contribution in [0.5, 0.6) is 0 Å². The number of amides is 1. The van der Waals surface area contributed by atoms with Gasteiger partial charge in [-0.2, -0.15) is 5.10 Å². The van der Waals surface area contributed by atoms with Gasteiger partial charge in [-0.15, -0.1) is 0 Å². The summed E-state index contributed by atoms with van der Waals surface area (Å²) in [5.74, 6) is 0.591. The molecule has 3 rings (SSSR count). The van der Waals surface area contributed by atoms with Crippen LogP contribution < -0.4 is 10.6 Å². The standard InChI is InChI=1S/C18H19ClN4O2/c1-11-8-12(2)23(22-11)10-14-5-7-17(25-14)18(24)21-15-6-4-13(19)9-16(15)20-3/h4-9,20H,10H2,1-3H3,(H,21,24). The molecule has 0 aliphatic carbocycles. The maximum absolute atomic E-state index is 12.4. The van der Waals surface area contributed by atoms with E-state index < -0.39 is 0 Å². The summed E-state index contributed by atoms with van der Waals surface area (Å²) in [7, 11) is 1.76. The van der Waals surface area contributed by atoms with Gasteiger partial charge in [-0.05, 0) is 50.2 Å². The van der Waals surface area contributed by atoms with Crippen molar-refractivity contribution in [2.24, 2.45) is 0 Å². The molecule has 0 aliphatic heterocycles. The molecule has 1 aromatic carbocycles. The van der Waals surface area contributed by atoms with Crippen LogP contribution in [0.2, 0.25) is 5.02 Å². The predicted octanol–water partition coefficient (Wildman–Crippen LogP) is 4.09. The number of halogens is 1. The van der Waals surface area contributed by atoms with Gasteiger partial charge in [0.05, 0.1) is 23.6 Å². The average Bonchev–Trinajstić information content (AvgIpc) is 3.16. The summed E-state index contributed by atoms with van der Waals surface area (Å²) in [6, 6.07) is 10.6. The summed E-state index contributed by atoms with van der Waals surface area (Å²) < 4.78 is 7.51. The first kappa shape index (κ1) is 17.1. The van der Waals surface area contributed by atoms with Crippen molar-refractivity contribution in [2.75, 3.05) is 17.7 Å². The van der Waals surface area contributed by atoms with E-state index in [-0.39, 0.29) is 11.7 Å². The maximum atomic E-state index is 12.4. The zero-order valence-electron chi connectivity index (χ0n) is 14.3. The summed E-state index contributed by atoms with van der Waals surface area (Å²) in [6.45, 7) is 4.40. The van der Waals surface area contributed by atoms with Crippen LogP contribution in [0.25, 0.3) is 0 Å². The van der Waals surface area contributed by atoms with E-state index in [4.69, 9.17) is 16.0 Å². The lowest BCUT2D eigenvalue weighted by atomic mass is 10.2. The third kappa shape index (κ3) is 3.85. The molecule has 0 saturated heterocycles. The first-order valence-corrected chi connectivity index (χ1v) is 8.22. The van der Waals surface area contributed by atoms with Crippen LogP contribution in [0.3, 0.4) is 0 Å². The van der Waals surface area contributed by atoms with Crippen molar-refractivity contribution in [3.8, 4) is 0 Å². The number of benzene rings is 1. The minimum absolute atomic E-state index is 0.244. The number of rotatable bonds is 5. The molecule has 0 atom stereocenters. The number of nitrogens with one attached hydrogen (secondary N) is 2. The van der Waals surface area contributed by atoms with Crippen molar-refractivity contribution >= 4 is 28.9 Å². The monoisotopic (exact) mass is 358 g/mol. The van der Waals surface area contributed by atoms with Crippen molar-refractivity contribution in [1.29, 1.82) is 0 Å². The lowest BCUT2D eigenvalue weighted by molar-refractivity contribution is 0.0994. The van der Waals surface area contributed by atoms with Crippen LogP contribution >= 0.6 is 11.6 Å². The van der Waals surface area contributed by atoms with Gasteiger partial charge in [0.1, 0.15) is 5.76 Å². The number of furan rings is 1. The molecule has 0 saturated carbocycles. The van der Waals surface area contributed by atoms with Crippen molar-refractivity contribution in [1.82, 2.24) is 9.78 Å². The number of anilines is 2. The number of carbonyl (C=O) groups is 1. The quantitative estimate of drug-likeness (QED) is 0.720. The van der Waals surface area contributed by atoms with Gasteiger partial charge in [0.15, 0.2) is 5.76 Å². The Labute approximate surface area is 150 Å². The highest BCUT2D eigenvalue weighted by Crippen LogP contribution is 2.26. The second-order valence-electron chi connectivity index (χ2n) is 5.74. The number of carbonyl (C=O) groups excluding carboxylic acids is 1. The average molecular weight is 359 g/mol. The van der Waals surface area contributed by atoms with Crippen LogP contribution in [-0.4, -0.2) is 22.7 Å². The Morgan fingerprint density at radius 1 is 1.20 bits per heavy atom. The van der Waals surface area contributed by atoms with E-state index in [0.29, 0.717) is 23.0 Å². The highest BCUT2D eigenvalue weighted by atomic mass is 35.5. The molecule has 2 heterocycles. The molecule has 0 radical (unpaired) electrons. The molecule has 0 aliphatic rings. The first-order valence-electron chi connectivity index (χ1n) is 7.84. The zero-order chi connectivity index (χ0) is 18.0. The van der Waals surface area contributed by atoms with E-state index in [1.807, 2.05) is 24.6 Å². The molecule has 0 unspecified atom stereocenters. The van der Waals surface area contributed by atoms with Crippen LogP contribution in [0, 0.1) is 13.8 Å². The van der Waals surface area contributed by atoms with Gasteiger partial charge >= 0.3 is 0 Å². The van der Waals surface area contributed by atoms with Gasteiger partial charge in [0.25, 0.3) is 5.91 Å². The number of hydrogen-bond donors (Lipinski definition) is 2. The van der Waals surface area contributed by atoms with Gasteiger partial charge in [-0.3, -0.25) is 9.48 Å². The van der Waals surface area contributed by atoms with Crippen molar-refractivity contribution in [3.05, 3.63) is 64.3 Å². The van der Waals surface area contributed by atoms with Gasteiger partial charge in [0.2, 0.25) is 0 Å². The van der Waals surface area contributed by atoms with E-state index in [1.165, 1.54) is 0 Å². The number of hydrogen-bond acceptors (Lipinski definition) is 4. The van der Waals surface area contributed by atoms with Crippen molar-refractivity contribution in [2.45, 2.75) is 20.4 Å². The molecule has 7 heteroatoms. The summed E-state index contributed by atoms with van der Waals surface area (Å²) in [5.41, 5.74) is 3.35. The molecule has 0 bridgehead atoms. The lowest BCUT2D eigenvalue weighted by Gasteiger charge is -2.10. The van der Waals surface area contributed by atoms with Gasteiger partial charge < -0.3 is 15.1 Å². The summed E-state index contributed by atoms with van der Waals surface area (Å²) in [4.78, 5) is 12.4. The van der Waals surface area contributed by atoms with Crippen LogP contribution in [0.1, 0.15) is 27.7 Å². The molecular formula is C18H19ClN4O2. The van der Waals surface area contributed by atoms with E-state index >= 15 is 0 Å². The molecule has 130 valence electrons. The smallest absolute Gasteiger partial charge is 0.291 e. The van der Waals surface area contributed by atoms with E-state index in [0.717, 1.165) is 17.1 Å². The highest BCUT2D eigenvalue weighted by Gasteiger charge is 2.14. The first-order chi connectivity index (χ1) is 12.0. The second kappa shape index (κ2) is 7.03. The van der Waals surface area contributed by atoms with Crippen molar-refractivity contribution in [3.63, 3.8) is 0 Å². The summed E-state index contributed by atoms with van der Waals surface area (Å²) in [5, 5.41) is 10.8. The Bertz CT molecular complexity index is 914. The number of aromatic nitrogens is 2. The van der Waals surface area contributed by atoms with Gasteiger partial charge in [-0.25, -0.2) is 0 Å². The second-order valence-corrected chi connectivity index (χ2v) is 6.18. The number of nitrogens with zero attached hydrogens (tertiary/aromatic N) is 2. The number of aryl methyl sites for hydroxylation is 2. The molecule has 2 aromatic heterocycles. The highest BCUT2D eigenvalue weighted by molar-refractivity contribution is 6.31. The van der Waals surface area contributed by atoms with Gasteiger partial charge in [-0.1, -0.05) is 11.6 Å². The fraction of sp³-hybridized carbons (Fsp3) is 0.222. The topological polar surface area (TPSA) is 72.1 Å². The Morgan fingerprint density at radius 3 is 2.68 bits per heavy atom. The largest absolute Gasteiger partial charge is 0.454 e. The molecule has 6 nitrogen and oxygen atoms in total. The minimum Gasteiger partial charge on any atom is -0.454 e. The molecule has 1 amide bonds. The fourth-order valence-electron chi connectivity index (χ4n) is 2.58. The molecule has 3 aromatic rings. The summed E-state index contributed by atoms with van der Waals surface area (Å²) >= 11 is 5.96. The van der Waals surface area contributed by atoms with Gasteiger partial charge in [0, 0.05) is 17.8 Å². The fourth-order valence-corrected chi connectivity index (χ4v) is 2.76.